The lowest BCUT2D eigenvalue weighted by Gasteiger charge is -2.16. The van der Waals surface area contributed by atoms with Gasteiger partial charge in [0.25, 0.3) is 0 Å². The van der Waals surface area contributed by atoms with Crippen molar-refractivity contribution in [3.05, 3.63) is 35.4 Å². The molecule has 6 heteroatoms. The number of fused-ring (bicyclic) bond motifs is 1. The number of rotatable bonds is 0. The van der Waals surface area contributed by atoms with Crippen molar-refractivity contribution in [3.8, 4) is 11.5 Å². The summed E-state index contributed by atoms with van der Waals surface area (Å²) in [6.45, 7) is 1.73. The third kappa shape index (κ3) is 4.83. The number of esters is 1. The smallest absolute Gasteiger partial charge is 0.342 e. The number of hydrogen-bond acceptors (Lipinski definition) is 6. The number of aromatic hydroxyl groups is 2. The van der Waals surface area contributed by atoms with Crippen molar-refractivity contribution >= 4 is 11.8 Å². The second kappa shape index (κ2) is 7.97. The first-order valence-corrected chi connectivity index (χ1v) is 7.97. The van der Waals surface area contributed by atoms with E-state index < -0.39 is 23.9 Å². The SMILES string of the molecule is C[C@@H]1CC=CCC[C@@H](O)CC(=O)Cc2cc(O)cc(O)c2C(=O)O1. The molecule has 0 amide bonds. The van der Waals surface area contributed by atoms with E-state index in [9.17, 15) is 24.9 Å². The second-order valence-electron chi connectivity index (χ2n) is 6.07. The molecule has 0 unspecified atom stereocenters. The Bertz CT molecular complexity index is 649. The molecular formula is C18H22O6. The number of carbonyl (C=O) groups excluding carboxylic acids is 2. The summed E-state index contributed by atoms with van der Waals surface area (Å²) in [6.07, 6.45) is 3.96. The van der Waals surface area contributed by atoms with Gasteiger partial charge in [0.05, 0.1) is 6.10 Å². The van der Waals surface area contributed by atoms with E-state index in [4.69, 9.17) is 4.74 Å². The van der Waals surface area contributed by atoms with E-state index in [1.807, 2.05) is 12.2 Å². The molecule has 1 aliphatic rings. The van der Waals surface area contributed by atoms with Crippen LogP contribution in [0.4, 0.5) is 0 Å². The number of ketones is 1. The van der Waals surface area contributed by atoms with Crippen LogP contribution < -0.4 is 0 Å². The standard InChI is InChI=1S/C18H22O6/c1-11-5-3-2-4-6-13(19)9-14(20)7-12-8-15(21)10-16(22)17(12)18(23)24-11/h2-3,8,10-11,13,19,21-22H,4-7,9H2,1H3/t11-,13-/m1/s1. The highest BCUT2D eigenvalue weighted by molar-refractivity contribution is 5.96. The Labute approximate surface area is 140 Å². The largest absolute Gasteiger partial charge is 0.508 e. The molecule has 24 heavy (non-hydrogen) atoms. The average Bonchev–Trinajstić information content (AvgIpc) is 2.44. The number of carbonyl (C=O) groups is 2. The van der Waals surface area contributed by atoms with Crippen LogP contribution in [-0.2, 0) is 16.0 Å². The third-order valence-corrected chi connectivity index (χ3v) is 3.85. The van der Waals surface area contributed by atoms with Gasteiger partial charge in [0, 0.05) is 25.3 Å². The van der Waals surface area contributed by atoms with Gasteiger partial charge in [-0.25, -0.2) is 4.79 Å². The molecule has 3 N–H and O–H groups in total. The van der Waals surface area contributed by atoms with Crippen molar-refractivity contribution in [2.45, 2.75) is 51.2 Å². The zero-order valence-electron chi connectivity index (χ0n) is 13.6. The summed E-state index contributed by atoms with van der Waals surface area (Å²) in [7, 11) is 0. The first kappa shape index (κ1) is 18.0. The van der Waals surface area contributed by atoms with Crippen molar-refractivity contribution < 1.29 is 29.6 Å². The molecule has 6 nitrogen and oxygen atoms in total. The topological polar surface area (TPSA) is 104 Å². The van der Waals surface area contributed by atoms with Gasteiger partial charge in [0.2, 0.25) is 0 Å². The fourth-order valence-corrected chi connectivity index (χ4v) is 2.68. The molecule has 1 heterocycles. The van der Waals surface area contributed by atoms with Crippen LogP contribution in [0.2, 0.25) is 0 Å². The average molecular weight is 334 g/mol. The van der Waals surface area contributed by atoms with Crippen LogP contribution in [0.5, 0.6) is 11.5 Å². The van der Waals surface area contributed by atoms with Gasteiger partial charge in [-0.3, -0.25) is 4.79 Å². The maximum absolute atomic E-state index is 12.3. The summed E-state index contributed by atoms with van der Waals surface area (Å²) in [5.41, 5.74) is 0.0676. The quantitative estimate of drug-likeness (QED) is 0.496. The van der Waals surface area contributed by atoms with Gasteiger partial charge in [-0.2, -0.15) is 0 Å². The molecule has 0 bridgehead atoms. The number of hydrogen-bond donors (Lipinski definition) is 3. The van der Waals surface area contributed by atoms with Gasteiger partial charge >= 0.3 is 5.97 Å². The highest BCUT2D eigenvalue weighted by Gasteiger charge is 2.23. The van der Waals surface area contributed by atoms with Crippen molar-refractivity contribution in [2.24, 2.45) is 0 Å². The molecule has 2 rings (SSSR count). The molecule has 0 saturated heterocycles. The van der Waals surface area contributed by atoms with Crippen LogP contribution in [-0.4, -0.2) is 39.3 Å². The van der Waals surface area contributed by atoms with Crippen molar-refractivity contribution in [3.63, 3.8) is 0 Å². The van der Waals surface area contributed by atoms with E-state index >= 15 is 0 Å². The lowest BCUT2D eigenvalue weighted by atomic mass is 9.97. The fourth-order valence-electron chi connectivity index (χ4n) is 2.68. The first-order chi connectivity index (χ1) is 11.4. The van der Waals surface area contributed by atoms with Crippen molar-refractivity contribution in [1.29, 1.82) is 0 Å². The van der Waals surface area contributed by atoms with Gasteiger partial charge in [0.15, 0.2) is 0 Å². The molecular weight excluding hydrogens is 312 g/mol. The second-order valence-corrected chi connectivity index (χ2v) is 6.07. The molecule has 0 aliphatic carbocycles. The first-order valence-electron chi connectivity index (χ1n) is 7.97. The van der Waals surface area contributed by atoms with Gasteiger partial charge in [-0.05, 0) is 31.4 Å². The Hall–Kier alpha value is -2.34. The number of phenolic OH excluding ortho intramolecular Hbond substituents is 2. The monoisotopic (exact) mass is 334 g/mol. The summed E-state index contributed by atoms with van der Waals surface area (Å²) in [4.78, 5) is 24.5. The molecule has 130 valence electrons. The maximum atomic E-state index is 12.3. The molecule has 2 atom stereocenters. The Kier molecular flexibility index (Phi) is 5.98. The van der Waals surface area contributed by atoms with Gasteiger partial charge < -0.3 is 20.1 Å². The van der Waals surface area contributed by atoms with E-state index in [1.165, 1.54) is 6.07 Å². The van der Waals surface area contributed by atoms with Gasteiger partial charge in [-0.15, -0.1) is 0 Å². The summed E-state index contributed by atoms with van der Waals surface area (Å²) in [5.74, 6) is -1.70. The number of ether oxygens (including phenoxy) is 1. The van der Waals surface area contributed by atoms with Crippen LogP contribution in [0.15, 0.2) is 24.3 Å². The molecule has 1 aromatic rings. The summed E-state index contributed by atoms with van der Waals surface area (Å²) >= 11 is 0. The minimum Gasteiger partial charge on any atom is -0.508 e. The zero-order valence-corrected chi connectivity index (χ0v) is 13.6. The van der Waals surface area contributed by atoms with Crippen LogP contribution in [0.1, 0.15) is 48.5 Å². The normalized spacial score (nSPS) is 23.2. The predicted molar refractivity (Wildman–Crippen MR) is 87.0 cm³/mol. The van der Waals surface area contributed by atoms with Crippen molar-refractivity contribution in [1.82, 2.24) is 0 Å². The highest BCUT2D eigenvalue weighted by Crippen LogP contribution is 2.29. The molecule has 0 saturated carbocycles. The lowest BCUT2D eigenvalue weighted by molar-refractivity contribution is -0.120. The maximum Gasteiger partial charge on any atom is 0.342 e. The molecule has 0 aromatic heterocycles. The summed E-state index contributed by atoms with van der Waals surface area (Å²) in [5, 5.41) is 29.5. The number of aliphatic hydroxyl groups excluding tert-OH is 1. The zero-order chi connectivity index (χ0) is 17.7. The van der Waals surface area contributed by atoms with Gasteiger partial charge in [-0.1, -0.05) is 12.2 Å². The summed E-state index contributed by atoms with van der Waals surface area (Å²) in [6, 6.07) is 2.30. The van der Waals surface area contributed by atoms with Gasteiger partial charge in [0.1, 0.15) is 28.9 Å². The van der Waals surface area contributed by atoms with E-state index in [0.29, 0.717) is 19.3 Å². The van der Waals surface area contributed by atoms with Crippen molar-refractivity contribution in [2.75, 3.05) is 0 Å². The predicted octanol–water partition coefficient (Wildman–Crippen LogP) is 2.25. The Balaban J connectivity index is 2.37. The Morgan fingerprint density at radius 3 is 2.67 bits per heavy atom. The Morgan fingerprint density at radius 2 is 1.92 bits per heavy atom. The van der Waals surface area contributed by atoms with E-state index in [-0.39, 0.29) is 35.5 Å². The number of allylic oxidation sites excluding steroid dienone is 1. The molecule has 0 fully saturated rings. The van der Waals surface area contributed by atoms with E-state index in [1.54, 1.807) is 6.92 Å². The number of cyclic esters (lactones) is 1. The van der Waals surface area contributed by atoms with Crippen LogP contribution in [0, 0.1) is 0 Å². The molecule has 1 aromatic carbocycles. The minimum atomic E-state index is -0.760. The van der Waals surface area contributed by atoms with Crippen LogP contribution in [0.3, 0.4) is 0 Å². The number of Topliss-reactive ketones (excluding diaryl/α,β-unsaturated/α-hetero) is 1. The number of phenols is 2. The third-order valence-electron chi connectivity index (χ3n) is 3.85. The summed E-state index contributed by atoms with van der Waals surface area (Å²) < 4.78 is 5.31. The molecule has 0 spiro atoms. The van der Waals surface area contributed by atoms with Crippen LogP contribution >= 0.6 is 0 Å². The number of benzene rings is 1. The number of aliphatic hydroxyl groups is 1. The van der Waals surface area contributed by atoms with Crippen LogP contribution in [0.25, 0.3) is 0 Å². The fraction of sp³-hybridized carbons (Fsp3) is 0.444. The van der Waals surface area contributed by atoms with E-state index in [0.717, 1.165) is 6.07 Å². The lowest BCUT2D eigenvalue weighted by Crippen LogP contribution is -2.19. The molecule has 1 aliphatic heterocycles. The van der Waals surface area contributed by atoms with E-state index in [2.05, 4.69) is 0 Å². The highest BCUT2D eigenvalue weighted by atomic mass is 16.5. The minimum absolute atomic E-state index is 0.0465. The molecule has 0 radical (unpaired) electrons. The Morgan fingerprint density at radius 1 is 1.17 bits per heavy atom.